The Morgan fingerprint density at radius 3 is 2.20 bits per heavy atom. The van der Waals surface area contributed by atoms with Crippen LogP contribution < -0.4 is 44.3 Å². The van der Waals surface area contributed by atoms with E-state index in [4.69, 9.17) is 4.74 Å². The van der Waals surface area contributed by atoms with Gasteiger partial charge in [0.2, 0.25) is 0 Å². The molecule has 1 aromatic heterocycles. The number of fused-ring (bicyclic) bond motifs is 1. The summed E-state index contributed by atoms with van der Waals surface area (Å²) in [5.41, 5.74) is 4.62. The van der Waals surface area contributed by atoms with E-state index < -0.39 is 11.8 Å². The summed E-state index contributed by atoms with van der Waals surface area (Å²) in [6, 6.07) is 29.1. The number of hydrogen-bond donors (Lipinski definition) is 0. The minimum absolute atomic E-state index is 0. The van der Waals surface area contributed by atoms with Gasteiger partial charge in [0.25, 0.3) is 0 Å². The number of hydrogen-bond acceptors (Lipinski definition) is 8. The minimum atomic E-state index is -1.43. The molecule has 4 aromatic carbocycles. The molecule has 9 heteroatoms. The number of aromatic nitrogens is 2. The van der Waals surface area contributed by atoms with Gasteiger partial charge in [-0.15, -0.1) is 0 Å². The SMILES string of the molecule is CN(C)c1cccc(C/C(C(=O)c2ccc(OCc3ccccc3)cc2)=C(\C(=O)[O-])c2ccc3nsnc3c2)c1.[Na+]. The van der Waals surface area contributed by atoms with Crippen molar-refractivity contribution in [3.8, 4) is 5.75 Å². The summed E-state index contributed by atoms with van der Waals surface area (Å²) in [5.74, 6) is -1.23. The van der Waals surface area contributed by atoms with E-state index >= 15 is 0 Å². The van der Waals surface area contributed by atoms with Gasteiger partial charge in [0, 0.05) is 42.9 Å². The molecule has 0 aliphatic carbocycles. The molecule has 0 saturated carbocycles. The second kappa shape index (κ2) is 13.7. The Balaban J connectivity index is 0.00000387. The van der Waals surface area contributed by atoms with Crippen molar-refractivity contribution in [1.82, 2.24) is 8.75 Å². The number of carboxylic acid groups (broad SMARTS) is 1. The van der Waals surface area contributed by atoms with Crippen LogP contribution in [0.2, 0.25) is 0 Å². The molecule has 0 N–H and O–H groups in total. The van der Waals surface area contributed by atoms with Gasteiger partial charge in [0.1, 0.15) is 23.4 Å². The Bertz CT molecular complexity index is 1700. The zero-order chi connectivity index (χ0) is 28.1. The summed E-state index contributed by atoms with van der Waals surface area (Å²) >= 11 is 1.04. The third kappa shape index (κ3) is 7.28. The molecule has 0 atom stereocenters. The normalized spacial score (nSPS) is 11.4. The number of aliphatic carboxylic acids is 1. The first-order chi connectivity index (χ1) is 19.4. The van der Waals surface area contributed by atoms with Crippen LogP contribution in [0.5, 0.6) is 5.75 Å². The van der Waals surface area contributed by atoms with Crippen LogP contribution in [0.4, 0.5) is 5.69 Å². The Morgan fingerprint density at radius 2 is 1.49 bits per heavy atom. The number of benzene rings is 4. The Morgan fingerprint density at radius 1 is 0.805 bits per heavy atom. The van der Waals surface area contributed by atoms with Crippen molar-refractivity contribution < 1.29 is 49.0 Å². The quantitative estimate of drug-likeness (QED) is 0.144. The predicted octanol–water partition coefficient (Wildman–Crippen LogP) is 1.97. The van der Waals surface area contributed by atoms with Crippen molar-refractivity contribution in [1.29, 1.82) is 0 Å². The maximum atomic E-state index is 14.0. The molecule has 1 heterocycles. The number of carbonyl (C=O) groups excluding carboxylic acids is 2. The molecule has 0 aliphatic heterocycles. The summed E-state index contributed by atoms with van der Waals surface area (Å²) in [6.45, 7) is 0.393. The predicted molar refractivity (Wildman–Crippen MR) is 155 cm³/mol. The third-order valence-corrected chi connectivity index (χ3v) is 7.05. The Labute approximate surface area is 264 Å². The smallest absolute Gasteiger partial charge is 0.545 e. The topological polar surface area (TPSA) is 95.5 Å². The van der Waals surface area contributed by atoms with Crippen LogP contribution in [0.1, 0.15) is 27.0 Å². The molecule has 0 bridgehead atoms. The molecular formula is C32H26N3NaO4S. The summed E-state index contributed by atoms with van der Waals surface area (Å²) in [6.07, 6.45) is 0.101. The van der Waals surface area contributed by atoms with Gasteiger partial charge in [-0.3, -0.25) is 4.79 Å². The molecule has 0 unspecified atom stereocenters. The van der Waals surface area contributed by atoms with E-state index in [0.717, 1.165) is 28.5 Å². The van der Waals surface area contributed by atoms with Gasteiger partial charge in [0.15, 0.2) is 5.78 Å². The third-order valence-electron chi connectivity index (χ3n) is 6.50. The number of nitrogens with zero attached hydrogens (tertiary/aromatic N) is 3. The van der Waals surface area contributed by atoms with E-state index in [2.05, 4.69) is 8.75 Å². The number of carbonyl (C=O) groups is 2. The largest absolute Gasteiger partial charge is 1.00 e. The summed E-state index contributed by atoms with van der Waals surface area (Å²) in [4.78, 5) is 28.5. The van der Waals surface area contributed by atoms with Crippen LogP contribution in [0.3, 0.4) is 0 Å². The van der Waals surface area contributed by atoms with Gasteiger partial charge in [-0.2, -0.15) is 8.75 Å². The summed E-state index contributed by atoms with van der Waals surface area (Å²) in [5, 5.41) is 12.6. The second-order valence-electron chi connectivity index (χ2n) is 9.48. The maximum Gasteiger partial charge on any atom is 1.00 e. The molecule has 5 aromatic rings. The molecule has 7 nitrogen and oxygen atoms in total. The van der Waals surface area contributed by atoms with E-state index in [0.29, 0.717) is 34.5 Å². The van der Waals surface area contributed by atoms with E-state index in [1.165, 1.54) is 0 Å². The average Bonchev–Trinajstić information content (AvgIpc) is 3.44. The molecule has 200 valence electrons. The molecule has 0 amide bonds. The molecule has 0 radical (unpaired) electrons. The number of anilines is 1. The van der Waals surface area contributed by atoms with Crippen molar-refractivity contribution in [3.63, 3.8) is 0 Å². The molecule has 5 rings (SSSR count). The molecule has 41 heavy (non-hydrogen) atoms. The number of Topliss-reactive ketones (excluding diaryl/α,β-unsaturated/α-hetero) is 1. The monoisotopic (exact) mass is 571 g/mol. The number of ketones is 1. The zero-order valence-corrected chi connectivity index (χ0v) is 25.9. The zero-order valence-electron chi connectivity index (χ0n) is 23.0. The first kappa shape index (κ1) is 30.1. The summed E-state index contributed by atoms with van der Waals surface area (Å²) in [7, 11) is 3.85. The summed E-state index contributed by atoms with van der Waals surface area (Å²) < 4.78 is 14.3. The molecule has 0 fully saturated rings. The maximum absolute atomic E-state index is 14.0. The molecule has 0 saturated heterocycles. The Hall–Kier alpha value is -3.82. The first-order valence-electron chi connectivity index (χ1n) is 12.6. The number of rotatable bonds is 10. The van der Waals surface area contributed by atoms with E-state index in [-0.39, 0.29) is 47.1 Å². The van der Waals surface area contributed by atoms with Gasteiger partial charge in [-0.1, -0.05) is 48.5 Å². The fourth-order valence-electron chi connectivity index (χ4n) is 4.40. The van der Waals surface area contributed by atoms with Crippen LogP contribution >= 0.6 is 11.7 Å². The van der Waals surface area contributed by atoms with Crippen molar-refractivity contribution in [3.05, 3.63) is 125 Å². The van der Waals surface area contributed by atoms with Crippen molar-refractivity contribution in [2.45, 2.75) is 13.0 Å². The fourth-order valence-corrected chi connectivity index (χ4v) is 4.92. The fraction of sp³-hybridized carbons (Fsp3) is 0.125. The standard InChI is InChI=1S/C32H27N3O4S.Na/c1-35(2)25-10-6-9-22(17-25)18-27(30(32(37)38)24-13-16-28-29(19-24)34-40-33-28)31(36)23-11-14-26(15-12-23)39-20-21-7-4-3-5-8-21;/h3-17,19H,18,20H2,1-2H3,(H,37,38);/q;+1/p-1/b30-27+;. The number of allylic oxidation sites excluding steroid dienone is 1. The van der Waals surface area contributed by atoms with Gasteiger partial charge >= 0.3 is 29.6 Å². The number of carboxylic acids is 1. The van der Waals surface area contributed by atoms with E-state index in [1.54, 1.807) is 42.5 Å². The van der Waals surface area contributed by atoms with E-state index in [9.17, 15) is 14.7 Å². The van der Waals surface area contributed by atoms with E-state index in [1.807, 2.05) is 73.6 Å². The van der Waals surface area contributed by atoms with Gasteiger partial charge in [-0.05, 0) is 65.2 Å². The van der Waals surface area contributed by atoms with Crippen LogP contribution in [0, 0.1) is 0 Å². The second-order valence-corrected chi connectivity index (χ2v) is 10.0. The van der Waals surface area contributed by atoms with Crippen LogP contribution in [0.15, 0.2) is 103 Å². The minimum Gasteiger partial charge on any atom is -0.545 e. The van der Waals surface area contributed by atoms with Crippen LogP contribution in [-0.4, -0.2) is 34.6 Å². The molecular weight excluding hydrogens is 545 g/mol. The van der Waals surface area contributed by atoms with Crippen molar-refractivity contribution >= 4 is 45.8 Å². The van der Waals surface area contributed by atoms with Gasteiger partial charge in [-0.25, -0.2) is 0 Å². The first-order valence-corrected chi connectivity index (χ1v) is 13.4. The Kier molecular flexibility index (Phi) is 10.1. The van der Waals surface area contributed by atoms with Crippen molar-refractivity contribution in [2.24, 2.45) is 0 Å². The van der Waals surface area contributed by atoms with Crippen molar-refractivity contribution in [2.75, 3.05) is 19.0 Å². The molecule has 0 aliphatic rings. The molecule has 0 spiro atoms. The van der Waals surface area contributed by atoms with Crippen LogP contribution in [0.25, 0.3) is 16.6 Å². The number of ether oxygens (including phenoxy) is 1. The van der Waals surface area contributed by atoms with Gasteiger partial charge in [0.05, 0.1) is 17.7 Å². The van der Waals surface area contributed by atoms with Crippen LogP contribution in [-0.2, 0) is 17.8 Å². The van der Waals surface area contributed by atoms with Gasteiger partial charge < -0.3 is 19.5 Å². The average molecular weight is 572 g/mol.